The maximum Gasteiger partial charge on any atom is 0.0474 e. The molecule has 0 atom stereocenters. The molecule has 1 aromatic rings. The maximum absolute atomic E-state index is 5.82. The fourth-order valence-electron chi connectivity index (χ4n) is 2.30. The number of rotatable bonds is 6. The molecule has 3 heteroatoms. The van der Waals surface area contributed by atoms with Gasteiger partial charge in [0, 0.05) is 25.5 Å². The Morgan fingerprint density at radius 2 is 1.94 bits per heavy atom. The van der Waals surface area contributed by atoms with Crippen molar-refractivity contribution in [3.8, 4) is 0 Å². The van der Waals surface area contributed by atoms with E-state index in [1.807, 2.05) is 0 Å². The molecule has 1 fully saturated rings. The van der Waals surface area contributed by atoms with E-state index in [-0.39, 0.29) is 0 Å². The average molecular weight is 253 g/mol. The predicted molar refractivity (Wildman–Crippen MR) is 73.4 cm³/mol. The van der Waals surface area contributed by atoms with Gasteiger partial charge in [0.05, 0.1) is 0 Å². The van der Waals surface area contributed by atoms with E-state index in [0.29, 0.717) is 5.88 Å². The van der Waals surface area contributed by atoms with Crippen LogP contribution >= 0.6 is 11.6 Å². The molecule has 0 saturated carbocycles. The van der Waals surface area contributed by atoms with Crippen LogP contribution in [0.4, 0.5) is 0 Å². The Morgan fingerprint density at radius 1 is 1.18 bits per heavy atom. The van der Waals surface area contributed by atoms with E-state index in [9.17, 15) is 0 Å². The summed E-state index contributed by atoms with van der Waals surface area (Å²) in [6, 6.07) is 8.48. The summed E-state index contributed by atoms with van der Waals surface area (Å²) < 4.78 is 0. The molecule has 1 aliphatic heterocycles. The largest absolute Gasteiger partial charge is 0.311 e. The molecular weight excluding hydrogens is 232 g/mol. The van der Waals surface area contributed by atoms with Gasteiger partial charge in [-0.15, -0.1) is 11.6 Å². The quantitative estimate of drug-likeness (QED) is 0.619. The van der Waals surface area contributed by atoms with E-state index in [1.54, 1.807) is 0 Å². The van der Waals surface area contributed by atoms with Crippen molar-refractivity contribution in [2.24, 2.45) is 0 Å². The van der Waals surface area contributed by atoms with Crippen molar-refractivity contribution in [2.45, 2.75) is 25.3 Å². The van der Waals surface area contributed by atoms with Crippen molar-refractivity contribution in [3.05, 3.63) is 35.4 Å². The average Bonchev–Trinajstić information content (AvgIpc) is 2.88. The van der Waals surface area contributed by atoms with Crippen LogP contribution in [0.3, 0.4) is 0 Å². The van der Waals surface area contributed by atoms with E-state index >= 15 is 0 Å². The standard InChI is InChI=1S/C14H21ClN2/c15-11-13-4-3-5-14(10-13)12-16-6-9-17-7-1-2-8-17/h3-5,10,16H,1-2,6-9,11-12H2. The number of alkyl halides is 1. The fourth-order valence-corrected chi connectivity index (χ4v) is 2.47. The highest BCUT2D eigenvalue weighted by Crippen LogP contribution is 2.08. The van der Waals surface area contributed by atoms with E-state index < -0.39 is 0 Å². The van der Waals surface area contributed by atoms with Gasteiger partial charge in [-0.25, -0.2) is 0 Å². The van der Waals surface area contributed by atoms with Crippen LogP contribution in [0, 0.1) is 0 Å². The Labute approximate surface area is 109 Å². The molecule has 0 spiro atoms. The Balaban J connectivity index is 1.66. The molecule has 0 aliphatic carbocycles. The van der Waals surface area contributed by atoms with Crippen LogP contribution in [0.2, 0.25) is 0 Å². The van der Waals surface area contributed by atoms with E-state index in [1.165, 1.54) is 43.6 Å². The minimum Gasteiger partial charge on any atom is -0.311 e. The van der Waals surface area contributed by atoms with Gasteiger partial charge in [-0.2, -0.15) is 0 Å². The van der Waals surface area contributed by atoms with Gasteiger partial charge in [0.2, 0.25) is 0 Å². The van der Waals surface area contributed by atoms with Gasteiger partial charge in [-0.05, 0) is 37.1 Å². The maximum atomic E-state index is 5.82. The molecule has 0 amide bonds. The first-order chi connectivity index (χ1) is 8.38. The second-order valence-electron chi connectivity index (χ2n) is 4.68. The zero-order valence-electron chi connectivity index (χ0n) is 10.3. The first-order valence-electron chi connectivity index (χ1n) is 6.45. The Bertz CT molecular complexity index is 335. The Kier molecular flexibility index (Phi) is 5.30. The first-order valence-corrected chi connectivity index (χ1v) is 6.99. The molecule has 0 radical (unpaired) electrons. The zero-order chi connectivity index (χ0) is 11.9. The SMILES string of the molecule is ClCc1cccc(CNCCN2CCCC2)c1. The highest BCUT2D eigenvalue weighted by Gasteiger charge is 2.09. The van der Waals surface area contributed by atoms with E-state index in [0.717, 1.165) is 13.1 Å². The summed E-state index contributed by atoms with van der Waals surface area (Å²) >= 11 is 5.82. The van der Waals surface area contributed by atoms with Crippen molar-refractivity contribution in [1.82, 2.24) is 10.2 Å². The number of likely N-dealkylation sites (tertiary alicyclic amines) is 1. The molecule has 2 rings (SSSR count). The van der Waals surface area contributed by atoms with Gasteiger partial charge in [-0.3, -0.25) is 0 Å². The summed E-state index contributed by atoms with van der Waals surface area (Å²) in [6.07, 6.45) is 2.75. The van der Waals surface area contributed by atoms with Crippen LogP contribution in [0.5, 0.6) is 0 Å². The van der Waals surface area contributed by atoms with Crippen molar-refractivity contribution < 1.29 is 0 Å². The number of halogens is 1. The Morgan fingerprint density at radius 3 is 2.71 bits per heavy atom. The molecule has 1 N–H and O–H groups in total. The molecule has 0 aromatic heterocycles. The highest BCUT2D eigenvalue weighted by molar-refractivity contribution is 6.17. The lowest BCUT2D eigenvalue weighted by Gasteiger charge is -2.14. The summed E-state index contributed by atoms with van der Waals surface area (Å²) in [5, 5.41) is 3.50. The molecule has 1 aromatic carbocycles. The summed E-state index contributed by atoms with van der Waals surface area (Å²) in [5.74, 6) is 0.599. The van der Waals surface area contributed by atoms with Gasteiger partial charge in [0.15, 0.2) is 0 Å². The van der Waals surface area contributed by atoms with Crippen LogP contribution < -0.4 is 5.32 Å². The lowest BCUT2D eigenvalue weighted by atomic mass is 10.1. The number of nitrogens with zero attached hydrogens (tertiary/aromatic N) is 1. The second-order valence-corrected chi connectivity index (χ2v) is 4.95. The van der Waals surface area contributed by atoms with Crippen LogP contribution in [-0.4, -0.2) is 31.1 Å². The molecule has 17 heavy (non-hydrogen) atoms. The van der Waals surface area contributed by atoms with Crippen molar-refractivity contribution >= 4 is 11.6 Å². The fraction of sp³-hybridized carbons (Fsp3) is 0.571. The van der Waals surface area contributed by atoms with Crippen molar-refractivity contribution in [3.63, 3.8) is 0 Å². The molecule has 94 valence electrons. The normalized spacial score (nSPS) is 16.5. The number of hydrogen-bond acceptors (Lipinski definition) is 2. The van der Waals surface area contributed by atoms with Crippen LogP contribution in [0.1, 0.15) is 24.0 Å². The molecule has 0 unspecified atom stereocenters. The van der Waals surface area contributed by atoms with Crippen LogP contribution in [0.25, 0.3) is 0 Å². The molecule has 1 aliphatic rings. The topological polar surface area (TPSA) is 15.3 Å². The third kappa shape index (κ3) is 4.30. The van der Waals surface area contributed by atoms with Crippen molar-refractivity contribution in [1.29, 1.82) is 0 Å². The summed E-state index contributed by atoms with van der Waals surface area (Å²) in [5.41, 5.74) is 2.52. The van der Waals surface area contributed by atoms with Gasteiger partial charge >= 0.3 is 0 Å². The third-order valence-electron chi connectivity index (χ3n) is 3.28. The number of nitrogens with one attached hydrogen (secondary N) is 1. The molecule has 1 heterocycles. The van der Waals surface area contributed by atoms with E-state index in [2.05, 4.69) is 34.5 Å². The number of benzene rings is 1. The van der Waals surface area contributed by atoms with Gasteiger partial charge in [-0.1, -0.05) is 24.3 Å². The van der Waals surface area contributed by atoms with Gasteiger partial charge < -0.3 is 10.2 Å². The van der Waals surface area contributed by atoms with Crippen molar-refractivity contribution in [2.75, 3.05) is 26.2 Å². The summed E-state index contributed by atoms with van der Waals surface area (Å²) in [7, 11) is 0. The second kappa shape index (κ2) is 7.00. The van der Waals surface area contributed by atoms with Crippen LogP contribution in [-0.2, 0) is 12.4 Å². The molecule has 1 saturated heterocycles. The van der Waals surface area contributed by atoms with Gasteiger partial charge in [0.1, 0.15) is 0 Å². The third-order valence-corrected chi connectivity index (χ3v) is 3.59. The summed E-state index contributed by atoms with van der Waals surface area (Å²) in [6.45, 7) is 5.76. The molecule has 0 bridgehead atoms. The predicted octanol–water partition coefficient (Wildman–Crippen LogP) is 2.61. The zero-order valence-corrected chi connectivity index (χ0v) is 11.0. The summed E-state index contributed by atoms with van der Waals surface area (Å²) in [4.78, 5) is 2.53. The minimum atomic E-state index is 0.599. The molecular formula is C14H21ClN2. The molecule has 2 nitrogen and oxygen atoms in total. The highest BCUT2D eigenvalue weighted by atomic mass is 35.5. The Hall–Kier alpha value is -0.570. The minimum absolute atomic E-state index is 0.599. The smallest absolute Gasteiger partial charge is 0.0474 e. The number of hydrogen-bond donors (Lipinski definition) is 1. The first kappa shape index (κ1) is 12.9. The van der Waals surface area contributed by atoms with E-state index in [4.69, 9.17) is 11.6 Å². The lowest BCUT2D eigenvalue weighted by molar-refractivity contribution is 0.335. The lowest BCUT2D eigenvalue weighted by Crippen LogP contribution is -2.29. The van der Waals surface area contributed by atoms with Crippen LogP contribution in [0.15, 0.2) is 24.3 Å². The monoisotopic (exact) mass is 252 g/mol. The van der Waals surface area contributed by atoms with Gasteiger partial charge in [0.25, 0.3) is 0 Å².